The summed E-state index contributed by atoms with van der Waals surface area (Å²) in [6, 6.07) is 12.4. The molecule has 1 saturated carbocycles. The Balaban J connectivity index is 1.45. The van der Waals surface area contributed by atoms with Gasteiger partial charge in [0.25, 0.3) is 0 Å². The van der Waals surface area contributed by atoms with Gasteiger partial charge in [-0.3, -0.25) is 9.69 Å². The quantitative estimate of drug-likeness (QED) is 0.688. The van der Waals surface area contributed by atoms with Crippen molar-refractivity contribution < 1.29 is 9.90 Å². The van der Waals surface area contributed by atoms with Gasteiger partial charge in [-0.2, -0.15) is 5.26 Å². The predicted octanol–water partition coefficient (Wildman–Crippen LogP) is 4.42. The molecule has 1 aromatic carbocycles. The Kier molecular flexibility index (Phi) is 5.27. The van der Waals surface area contributed by atoms with Crippen molar-refractivity contribution in [3.05, 3.63) is 52.8 Å². The maximum absolute atomic E-state index is 13.4. The lowest BCUT2D eigenvalue weighted by Gasteiger charge is -2.43. The van der Waals surface area contributed by atoms with Crippen molar-refractivity contribution in [2.45, 2.75) is 77.5 Å². The molecule has 5 nitrogen and oxygen atoms in total. The van der Waals surface area contributed by atoms with Crippen LogP contribution >= 0.6 is 0 Å². The molecule has 3 heterocycles. The second kappa shape index (κ2) is 7.86. The highest BCUT2D eigenvalue weighted by molar-refractivity contribution is 5.99. The van der Waals surface area contributed by atoms with Gasteiger partial charge in [0.05, 0.1) is 24.3 Å². The van der Waals surface area contributed by atoms with Crippen LogP contribution in [0.25, 0.3) is 5.69 Å². The van der Waals surface area contributed by atoms with Gasteiger partial charge in [0.15, 0.2) is 5.78 Å². The monoisotopic (exact) mass is 431 g/mol. The molecule has 3 aliphatic rings. The van der Waals surface area contributed by atoms with Crippen molar-refractivity contribution in [2.24, 2.45) is 11.3 Å². The first-order valence-electron chi connectivity index (χ1n) is 11.9. The highest BCUT2D eigenvalue weighted by Crippen LogP contribution is 2.46. The molecule has 3 fully saturated rings. The molecule has 2 unspecified atom stereocenters. The van der Waals surface area contributed by atoms with E-state index in [9.17, 15) is 15.2 Å². The van der Waals surface area contributed by atoms with E-state index in [1.807, 2.05) is 31.2 Å². The fourth-order valence-corrected chi connectivity index (χ4v) is 6.66. The van der Waals surface area contributed by atoms with Crippen molar-refractivity contribution in [1.29, 1.82) is 5.26 Å². The van der Waals surface area contributed by atoms with E-state index in [1.165, 1.54) is 18.5 Å². The van der Waals surface area contributed by atoms with Crippen molar-refractivity contribution in [2.75, 3.05) is 6.54 Å². The third-order valence-corrected chi connectivity index (χ3v) is 8.03. The summed E-state index contributed by atoms with van der Waals surface area (Å²) < 4.78 is 2.22. The number of hydrogen-bond donors (Lipinski definition) is 1. The number of aliphatic hydroxyl groups excluding tert-OH is 1. The first-order valence-corrected chi connectivity index (χ1v) is 11.9. The van der Waals surface area contributed by atoms with Crippen LogP contribution in [0.5, 0.6) is 0 Å². The lowest BCUT2D eigenvalue weighted by molar-refractivity contribution is 0.0872. The highest BCUT2D eigenvalue weighted by atomic mass is 16.3. The summed E-state index contributed by atoms with van der Waals surface area (Å²) in [5.74, 6) is 0.792. The van der Waals surface area contributed by atoms with Crippen LogP contribution < -0.4 is 0 Å². The number of aromatic nitrogens is 1. The van der Waals surface area contributed by atoms with E-state index in [4.69, 9.17) is 0 Å². The van der Waals surface area contributed by atoms with Gasteiger partial charge in [0.1, 0.15) is 0 Å². The van der Waals surface area contributed by atoms with Crippen LogP contribution in [-0.2, 0) is 6.42 Å². The molecule has 1 N–H and O–H groups in total. The molecule has 5 heteroatoms. The number of nitriles is 1. The number of carbonyl (C=O) groups excluding carboxylic acids is 1. The summed E-state index contributed by atoms with van der Waals surface area (Å²) in [5.41, 5.74) is 5.01. The number of ketones is 1. The van der Waals surface area contributed by atoms with Gasteiger partial charge < -0.3 is 9.67 Å². The zero-order valence-corrected chi connectivity index (χ0v) is 19.3. The normalized spacial score (nSPS) is 26.8. The topological polar surface area (TPSA) is 69.3 Å². The fraction of sp³-hybridized carbons (Fsp3) is 0.556. The molecule has 5 rings (SSSR count). The maximum Gasteiger partial charge on any atom is 0.178 e. The largest absolute Gasteiger partial charge is 0.391 e. The third-order valence-electron chi connectivity index (χ3n) is 8.03. The molecule has 0 radical (unpaired) electrons. The van der Waals surface area contributed by atoms with E-state index in [1.54, 1.807) is 0 Å². The fourth-order valence-electron chi connectivity index (χ4n) is 6.66. The summed E-state index contributed by atoms with van der Waals surface area (Å²) in [4.78, 5) is 15.7. The Bertz CT molecular complexity index is 1070. The second-order valence-electron chi connectivity index (χ2n) is 11.0. The van der Waals surface area contributed by atoms with Gasteiger partial charge in [0.2, 0.25) is 0 Å². The summed E-state index contributed by atoms with van der Waals surface area (Å²) in [6.07, 6.45) is 5.97. The average Bonchev–Trinajstić information content (AvgIpc) is 3.36. The number of aliphatic hydroxyl groups is 1. The van der Waals surface area contributed by atoms with Crippen LogP contribution in [0.3, 0.4) is 0 Å². The maximum atomic E-state index is 13.4. The minimum absolute atomic E-state index is 0.140. The van der Waals surface area contributed by atoms with E-state index in [0.717, 1.165) is 42.6 Å². The zero-order valence-electron chi connectivity index (χ0n) is 19.3. The minimum Gasteiger partial charge on any atom is -0.391 e. The summed E-state index contributed by atoms with van der Waals surface area (Å²) in [6.45, 7) is 7.07. The van der Waals surface area contributed by atoms with Crippen LogP contribution in [0.2, 0.25) is 0 Å². The summed E-state index contributed by atoms with van der Waals surface area (Å²) >= 11 is 0. The molecule has 2 bridgehead atoms. The lowest BCUT2D eigenvalue weighted by atomic mass is 9.63. The van der Waals surface area contributed by atoms with Gasteiger partial charge in [-0.25, -0.2) is 0 Å². The van der Waals surface area contributed by atoms with Crippen LogP contribution in [0.1, 0.15) is 73.3 Å². The van der Waals surface area contributed by atoms with Crippen LogP contribution in [0.15, 0.2) is 30.3 Å². The Morgan fingerprint density at radius 1 is 1.22 bits per heavy atom. The molecule has 32 heavy (non-hydrogen) atoms. The van der Waals surface area contributed by atoms with Gasteiger partial charge in [-0.1, -0.05) is 13.8 Å². The van der Waals surface area contributed by atoms with Crippen molar-refractivity contribution in [1.82, 2.24) is 9.47 Å². The van der Waals surface area contributed by atoms with Gasteiger partial charge in [-0.05, 0) is 87.1 Å². The van der Waals surface area contributed by atoms with Gasteiger partial charge >= 0.3 is 0 Å². The van der Waals surface area contributed by atoms with Gasteiger partial charge in [-0.15, -0.1) is 0 Å². The van der Waals surface area contributed by atoms with Crippen LogP contribution in [0.4, 0.5) is 0 Å². The second-order valence-corrected chi connectivity index (χ2v) is 11.0. The molecule has 168 valence electrons. The molecule has 2 aromatic rings. The molecule has 1 aromatic heterocycles. The molecule has 1 aliphatic carbocycles. The molecular weight excluding hydrogens is 398 g/mol. The Hall–Kier alpha value is -2.42. The molecule has 0 spiro atoms. The molecule has 2 aliphatic heterocycles. The highest BCUT2D eigenvalue weighted by Gasteiger charge is 2.46. The van der Waals surface area contributed by atoms with E-state index in [-0.39, 0.29) is 17.9 Å². The first-order chi connectivity index (χ1) is 15.3. The van der Waals surface area contributed by atoms with E-state index < -0.39 is 0 Å². The molecule has 2 saturated heterocycles. The Morgan fingerprint density at radius 3 is 2.50 bits per heavy atom. The van der Waals surface area contributed by atoms with Crippen LogP contribution in [0, 0.1) is 29.6 Å². The zero-order chi connectivity index (χ0) is 22.6. The first kappa shape index (κ1) is 21.4. The standard InChI is InChI=1S/C27H33N3O2/c1-17-23(26(32)16-29-21-8-9-24(29)25(31)12-21)11-22(10-19-13-27(2,3)14-19)30(17)20-6-4-18(15-28)5-7-20/h4-7,11,19,21,24-25,31H,8-10,12-14,16H2,1-3H3/t21?,24?,25-/m0/s1. The van der Waals surface area contributed by atoms with E-state index >= 15 is 0 Å². The SMILES string of the molecule is Cc1c(C(=O)CN2C3CCC2[C@@H](O)C3)cc(CC2CC(C)(C)C2)n1-c1ccc(C#N)cc1. The summed E-state index contributed by atoms with van der Waals surface area (Å²) in [5, 5.41) is 19.4. The number of hydrogen-bond acceptors (Lipinski definition) is 4. The molecular formula is C27H33N3O2. The van der Waals surface area contributed by atoms with Crippen molar-refractivity contribution in [3.63, 3.8) is 0 Å². The summed E-state index contributed by atoms with van der Waals surface area (Å²) in [7, 11) is 0. The number of fused-ring (bicyclic) bond motifs is 2. The van der Waals surface area contributed by atoms with E-state index in [0.29, 0.717) is 29.5 Å². The van der Waals surface area contributed by atoms with E-state index in [2.05, 4.69) is 35.5 Å². The van der Waals surface area contributed by atoms with Crippen molar-refractivity contribution >= 4 is 5.78 Å². The number of Topliss-reactive ketones (excluding diaryl/α,β-unsaturated/α-hetero) is 1. The number of rotatable bonds is 6. The number of benzene rings is 1. The number of carbonyl (C=O) groups is 1. The lowest BCUT2D eigenvalue weighted by Crippen LogP contribution is -2.36. The molecule has 0 amide bonds. The smallest absolute Gasteiger partial charge is 0.178 e. The predicted molar refractivity (Wildman–Crippen MR) is 124 cm³/mol. The van der Waals surface area contributed by atoms with Crippen molar-refractivity contribution in [3.8, 4) is 11.8 Å². The Labute approximate surface area is 190 Å². The third kappa shape index (κ3) is 3.70. The number of nitrogens with zero attached hydrogens (tertiary/aromatic N) is 3. The van der Waals surface area contributed by atoms with Gasteiger partial charge in [0, 0.05) is 34.7 Å². The van der Waals surface area contributed by atoms with Crippen LogP contribution in [-0.4, -0.2) is 45.1 Å². The Morgan fingerprint density at radius 2 is 1.94 bits per heavy atom. The molecule has 3 atom stereocenters. The average molecular weight is 432 g/mol. The minimum atomic E-state index is -0.288.